The van der Waals surface area contributed by atoms with E-state index in [9.17, 15) is 9.18 Å². The minimum absolute atomic E-state index is 0.0515. The lowest BCUT2D eigenvalue weighted by Crippen LogP contribution is -2.36. The number of H-pyrrole nitrogens is 1. The van der Waals surface area contributed by atoms with Gasteiger partial charge in [-0.2, -0.15) is 0 Å². The van der Waals surface area contributed by atoms with Gasteiger partial charge in [0.2, 0.25) is 5.91 Å². The molecule has 2 aromatic carbocycles. The molecule has 0 fully saturated rings. The summed E-state index contributed by atoms with van der Waals surface area (Å²) in [6, 6.07) is 12.9. The monoisotopic (exact) mass is 350 g/mol. The van der Waals surface area contributed by atoms with Crippen molar-refractivity contribution in [3.05, 3.63) is 70.7 Å². The number of nitrogens with one attached hydrogen (secondary N) is 1. The number of carbonyl (C=O) groups excluding carboxylic acids is 1. The number of carbonyl (C=O) groups is 1. The van der Waals surface area contributed by atoms with Crippen LogP contribution in [-0.2, 0) is 24.2 Å². The van der Waals surface area contributed by atoms with Crippen LogP contribution in [0.4, 0.5) is 4.39 Å². The molecule has 4 rings (SSSR count). The molecule has 134 valence electrons. The average Bonchev–Trinajstić information content (AvgIpc) is 2.98. The summed E-state index contributed by atoms with van der Waals surface area (Å²) in [6.45, 7) is 5.69. The van der Waals surface area contributed by atoms with Gasteiger partial charge < -0.3 is 9.88 Å². The summed E-state index contributed by atoms with van der Waals surface area (Å²) in [4.78, 5) is 18.1. The Balaban J connectivity index is 1.59. The summed E-state index contributed by atoms with van der Waals surface area (Å²) in [6.07, 6.45) is 1.07. The molecule has 1 aliphatic rings. The number of nitrogens with zero attached hydrogens (tertiary/aromatic N) is 1. The van der Waals surface area contributed by atoms with Crippen LogP contribution in [0.25, 0.3) is 10.9 Å². The normalized spacial score (nSPS) is 14.1. The molecule has 0 saturated heterocycles. The average molecular weight is 350 g/mol. The van der Waals surface area contributed by atoms with E-state index in [2.05, 4.69) is 37.0 Å². The highest BCUT2D eigenvalue weighted by Crippen LogP contribution is 2.30. The zero-order chi connectivity index (χ0) is 18.3. The number of fused-ring (bicyclic) bond motifs is 3. The van der Waals surface area contributed by atoms with E-state index >= 15 is 0 Å². The fourth-order valence-electron chi connectivity index (χ4n) is 3.74. The molecule has 2 heterocycles. The Labute approximate surface area is 152 Å². The number of aromatic nitrogens is 1. The van der Waals surface area contributed by atoms with Crippen molar-refractivity contribution in [1.29, 1.82) is 0 Å². The van der Waals surface area contributed by atoms with Crippen LogP contribution in [0.15, 0.2) is 42.5 Å². The summed E-state index contributed by atoms with van der Waals surface area (Å²) >= 11 is 0. The van der Waals surface area contributed by atoms with Crippen molar-refractivity contribution in [2.45, 2.75) is 39.2 Å². The van der Waals surface area contributed by atoms with Crippen LogP contribution in [-0.4, -0.2) is 22.3 Å². The predicted molar refractivity (Wildman–Crippen MR) is 102 cm³/mol. The first kappa shape index (κ1) is 16.8. The minimum atomic E-state index is -0.297. The zero-order valence-electron chi connectivity index (χ0n) is 15.2. The third kappa shape index (κ3) is 3.12. The molecule has 0 saturated carbocycles. The molecule has 0 spiro atoms. The van der Waals surface area contributed by atoms with E-state index in [1.165, 1.54) is 34.3 Å². The summed E-state index contributed by atoms with van der Waals surface area (Å²) in [5, 5.41) is 1.22. The van der Waals surface area contributed by atoms with Crippen molar-refractivity contribution < 1.29 is 9.18 Å². The van der Waals surface area contributed by atoms with E-state index in [4.69, 9.17) is 0 Å². The minimum Gasteiger partial charge on any atom is -0.358 e. The van der Waals surface area contributed by atoms with Crippen LogP contribution in [0.2, 0.25) is 0 Å². The molecule has 0 unspecified atom stereocenters. The van der Waals surface area contributed by atoms with Gasteiger partial charge in [0.25, 0.3) is 0 Å². The standard InChI is InChI=1S/C22H23FN2O/c1-14(2)16-6-7-20-18(12-16)19-13-25(9-8-21(19)24-20)22(26)11-15-4-3-5-17(23)10-15/h3-7,10,12,14,24H,8-9,11,13H2,1-2H3. The van der Waals surface area contributed by atoms with Gasteiger partial charge in [-0.3, -0.25) is 4.79 Å². The van der Waals surface area contributed by atoms with Gasteiger partial charge >= 0.3 is 0 Å². The fourth-order valence-corrected chi connectivity index (χ4v) is 3.74. The van der Waals surface area contributed by atoms with Crippen molar-refractivity contribution in [2.24, 2.45) is 0 Å². The molecule has 0 bridgehead atoms. The third-order valence-electron chi connectivity index (χ3n) is 5.26. The van der Waals surface area contributed by atoms with E-state index in [1.54, 1.807) is 12.1 Å². The van der Waals surface area contributed by atoms with Crippen molar-refractivity contribution in [3.63, 3.8) is 0 Å². The molecule has 0 atom stereocenters. The Kier molecular flexibility index (Phi) is 4.27. The lowest BCUT2D eigenvalue weighted by Gasteiger charge is -2.27. The molecule has 3 aromatic rings. The van der Waals surface area contributed by atoms with Crippen LogP contribution >= 0.6 is 0 Å². The molecule has 1 N–H and O–H groups in total. The van der Waals surface area contributed by atoms with Crippen LogP contribution in [0.1, 0.15) is 42.1 Å². The van der Waals surface area contributed by atoms with E-state index < -0.39 is 0 Å². The molecule has 4 heteroatoms. The van der Waals surface area contributed by atoms with Crippen molar-refractivity contribution in [2.75, 3.05) is 6.54 Å². The number of rotatable bonds is 3. The molecular formula is C22H23FN2O. The maximum absolute atomic E-state index is 13.4. The highest BCUT2D eigenvalue weighted by Gasteiger charge is 2.24. The van der Waals surface area contributed by atoms with E-state index in [-0.39, 0.29) is 18.1 Å². The van der Waals surface area contributed by atoms with E-state index in [0.717, 1.165) is 17.5 Å². The fraction of sp³-hybridized carbons (Fsp3) is 0.318. The Bertz CT molecular complexity index is 973. The van der Waals surface area contributed by atoms with Crippen LogP contribution in [0, 0.1) is 5.82 Å². The SMILES string of the molecule is CC(C)c1ccc2[nH]c3c(c2c1)CN(C(=O)Cc1cccc(F)c1)CC3. The lowest BCUT2D eigenvalue weighted by molar-refractivity contribution is -0.131. The van der Waals surface area contributed by atoms with Crippen molar-refractivity contribution >= 4 is 16.8 Å². The number of amides is 1. The zero-order valence-corrected chi connectivity index (χ0v) is 15.2. The first-order valence-corrected chi connectivity index (χ1v) is 9.17. The van der Waals surface area contributed by atoms with Crippen LogP contribution in [0.5, 0.6) is 0 Å². The number of aromatic amines is 1. The predicted octanol–water partition coefficient (Wildman–Crippen LogP) is 4.56. The lowest BCUT2D eigenvalue weighted by atomic mass is 9.98. The van der Waals surface area contributed by atoms with Crippen molar-refractivity contribution in [3.8, 4) is 0 Å². The van der Waals surface area contributed by atoms with Gasteiger partial charge in [-0.15, -0.1) is 0 Å². The molecule has 0 aliphatic carbocycles. The summed E-state index contributed by atoms with van der Waals surface area (Å²) in [5.41, 5.74) is 5.63. The number of benzene rings is 2. The Hall–Kier alpha value is -2.62. The van der Waals surface area contributed by atoms with Gasteiger partial charge in [0, 0.05) is 41.7 Å². The third-order valence-corrected chi connectivity index (χ3v) is 5.26. The van der Waals surface area contributed by atoms with Gasteiger partial charge in [-0.25, -0.2) is 4.39 Å². The number of hydrogen-bond acceptors (Lipinski definition) is 1. The van der Waals surface area contributed by atoms with Gasteiger partial charge in [-0.1, -0.05) is 32.0 Å². The maximum atomic E-state index is 13.4. The molecule has 26 heavy (non-hydrogen) atoms. The molecule has 1 amide bonds. The highest BCUT2D eigenvalue weighted by atomic mass is 19.1. The van der Waals surface area contributed by atoms with E-state index in [1.807, 2.05) is 4.90 Å². The second kappa shape index (κ2) is 6.60. The van der Waals surface area contributed by atoms with Crippen LogP contribution < -0.4 is 0 Å². The van der Waals surface area contributed by atoms with Crippen LogP contribution in [0.3, 0.4) is 0 Å². The smallest absolute Gasteiger partial charge is 0.227 e. The Morgan fingerprint density at radius 2 is 2.08 bits per heavy atom. The Morgan fingerprint density at radius 3 is 2.85 bits per heavy atom. The summed E-state index contributed by atoms with van der Waals surface area (Å²) in [5.74, 6) is 0.226. The largest absolute Gasteiger partial charge is 0.358 e. The van der Waals surface area contributed by atoms with E-state index in [0.29, 0.717) is 19.0 Å². The van der Waals surface area contributed by atoms with Crippen molar-refractivity contribution in [1.82, 2.24) is 9.88 Å². The molecular weight excluding hydrogens is 327 g/mol. The molecule has 1 aliphatic heterocycles. The first-order valence-electron chi connectivity index (χ1n) is 9.17. The second-order valence-corrected chi connectivity index (χ2v) is 7.41. The highest BCUT2D eigenvalue weighted by molar-refractivity contribution is 5.87. The van der Waals surface area contributed by atoms with Gasteiger partial charge in [0.05, 0.1) is 6.42 Å². The molecule has 3 nitrogen and oxygen atoms in total. The maximum Gasteiger partial charge on any atom is 0.227 e. The quantitative estimate of drug-likeness (QED) is 0.739. The Morgan fingerprint density at radius 1 is 1.23 bits per heavy atom. The summed E-state index contributed by atoms with van der Waals surface area (Å²) < 4.78 is 13.4. The van der Waals surface area contributed by atoms with Gasteiger partial charge in [-0.05, 0) is 41.3 Å². The molecule has 1 aromatic heterocycles. The van der Waals surface area contributed by atoms with Gasteiger partial charge in [0.1, 0.15) is 5.82 Å². The molecule has 0 radical (unpaired) electrons. The van der Waals surface area contributed by atoms with Gasteiger partial charge in [0.15, 0.2) is 0 Å². The second-order valence-electron chi connectivity index (χ2n) is 7.41. The topological polar surface area (TPSA) is 36.1 Å². The first-order chi connectivity index (χ1) is 12.5. The number of hydrogen-bond donors (Lipinski definition) is 1. The number of halogens is 1. The summed E-state index contributed by atoms with van der Waals surface area (Å²) in [7, 11) is 0.